The summed E-state index contributed by atoms with van der Waals surface area (Å²) in [4.78, 5) is 20.6. The molecule has 0 fully saturated rings. The maximum atomic E-state index is 12.3. The number of carbonyl (C=O) groups excluding carboxylic acids is 1. The number of nitrogens with zero attached hydrogens (tertiary/aromatic N) is 2. The highest BCUT2D eigenvalue weighted by molar-refractivity contribution is 6.36. The van der Waals surface area contributed by atoms with Crippen LogP contribution in [0.2, 0.25) is 10.0 Å². The quantitative estimate of drug-likeness (QED) is 0.719. The molecule has 7 heteroatoms. The average molecular weight is 362 g/mol. The van der Waals surface area contributed by atoms with Gasteiger partial charge in [0, 0.05) is 22.0 Å². The van der Waals surface area contributed by atoms with E-state index < -0.39 is 5.91 Å². The van der Waals surface area contributed by atoms with Gasteiger partial charge in [0.2, 0.25) is 5.95 Å². The van der Waals surface area contributed by atoms with Gasteiger partial charge >= 0.3 is 0 Å². The van der Waals surface area contributed by atoms with Crippen molar-refractivity contribution in [1.82, 2.24) is 9.97 Å². The van der Waals surface area contributed by atoms with Crippen molar-refractivity contribution < 1.29 is 9.21 Å². The Labute approximate surface area is 148 Å². The summed E-state index contributed by atoms with van der Waals surface area (Å²) >= 11 is 12.0. The first-order valence-corrected chi connectivity index (χ1v) is 7.87. The van der Waals surface area contributed by atoms with E-state index in [0.717, 1.165) is 11.4 Å². The van der Waals surface area contributed by atoms with Gasteiger partial charge in [0.25, 0.3) is 5.91 Å². The van der Waals surface area contributed by atoms with E-state index in [-0.39, 0.29) is 11.7 Å². The summed E-state index contributed by atoms with van der Waals surface area (Å²) in [6.45, 7) is 3.66. The topological polar surface area (TPSA) is 68.0 Å². The molecule has 0 saturated carbocycles. The second-order valence-electron chi connectivity index (χ2n) is 5.22. The maximum absolute atomic E-state index is 12.3. The molecule has 5 nitrogen and oxygen atoms in total. The largest absolute Gasteiger partial charge is 0.451 e. The lowest BCUT2D eigenvalue weighted by molar-refractivity contribution is 0.0996. The van der Waals surface area contributed by atoms with Crippen LogP contribution in [-0.2, 0) is 0 Å². The van der Waals surface area contributed by atoms with Gasteiger partial charge in [0.15, 0.2) is 5.76 Å². The molecule has 0 spiro atoms. The first-order chi connectivity index (χ1) is 11.4. The Morgan fingerprint density at radius 2 is 1.75 bits per heavy atom. The van der Waals surface area contributed by atoms with Crippen LogP contribution in [0.1, 0.15) is 21.9 Å². The molecule has 0 bridgehead atoms. The summed E-state index contributed by atoms with van der Waals surface area (Å²) in [7, 11) is 0. The molecule has 1 N–H and O–H groups in total. The van der Waals surface area contributed by atoms with Crippen molar-refractivity contribution >= 4 is 35.1 Å². The van der Waals surface area contributed by atoms with Gasteiger partial charge in [-0.3, -0.25) is 10.1 Å². The number of aryl methyl sites for hydroxylation is 2. The van der Waals surface area contributed by atoms with E-state index in [2.05, 4.69) is 15.3 Å². The van der Waals surface area contributed by atoms with Gasteiger partial charge in [0.05, 0.1) is 5.02 Å². The highest BCUT2D eigenvalue weighted by Crippen LogP contribution is 2.31. The molecule has 24 heavy (non-hydrogen) atoms. The van der Waals surface area contributed by atoms with Crippen molar-refractivity contribution in [3.8, 4) is 11.3 Å². The Balaban J connectivity index is 1.83. The van der Waals surface area contributed by atoms with E-state index in [1.165, 1.54) is 0 Å². The van der Waals surface area contributed by atoms with Gasteiger partial charge in [-0.2, -0.15) is 0 Å². The van der Waals surface area contributed by atoms with E-state index in [4.69, 9.17) is 27.6 Å². The molecule has 3 aromatic rings. The highest BCUT2D eigenvalue weighted by Gasteiger charge is 2.15. The molecular weight excluding hydrogens is 349 g/mol. The second-order valence-corrected chi connectivity index (χ2v) is 6.06. The number of benzene rings is 1. The van der Waals surface area contributed by atoms with E-state index in [1.807, 2.05) is 19.9 Å². The first-order valence-electron chi connectivity index (χ1n) is 7.11. The van der Waals surface area contributed by atoms with Crippen molar-refractivity contribution in [2.75, 3.05) is 5.32 Å². The van der Waals surface area contributed by atoms with Gasteiger partial charge < -0.3 is 4.42 Å². The van der Waals surface area contributed by atoms with Crippen LogP contribution in [0.25, 0.3) is 11.3 Å². The number of carbonyl (C=O) groups is 1. The van der Waals surface area contributed by atoms with Crippen molar-refractivity contribution in [3.05, 3.63) is 63.6 Å². The van der Waals surface area contributed by atoms with Gasteiger partial charge in [0.1, 0.15) is 5.76 Å². The Morgan fingerprint density at radius 1 is 1.04 bits per heavy atom. The van der Waals surface area contributed by atoms with Crippen molar-refractivity contribution in [2.45, 2.75) is 13.8 Å². The molecule has 0 aliphatic carbocycles. The molecule has 1 amide bonds. The number of hydrogen-bond donors (Lipinski definition) is 1. The van der Waals surface area contributed by atoms with Crippen LogP contribution in [0.4, 0.5) is 5.95 Å². The van der Waals surface area contributed by atoms with Crippen molar-refractivity contribution in [2.24, 2.45) is 0 Å². The number of amides is 1. The molecular formula is C17H13Cl2N3O2. The minimum Gasteiger partial charge on any atom is -0.451 e. The fourth-order valence-electron chi connectivity index (χ4n) is 2.24. The molecule has 0 saturated heterocycles. The zero-order chi connectivity index (χ0) is 17.3. The van der Waals surface area contributed by atoms with Gasteiger partial charge in [-0.05, 0) is 50.2 Å². The van der Waals surface area contributed by atoms with Crippen LogP contribution in [0.3, 0.4) is 0 Å². The van der Waals surface area contributed by atoms with Crippen LogP contribution in [-0.4, -0.2) is 15.9 Å². The lowest BCUT2D eigenvalue weighted by atomic mass is 10.2. The minimum absolute atomic E-state index is 0.138. The Morgan fingerprint density at radius 3 is 2.42 bits per heavy atom. The van der Waals surface area contributed by atoms with Crippen LogP contribution in [0.5, 0.6) is 0 Å². The number of nitrogens with one attached hydrogen (secondary N) is 1. The number of rotatable bonds is 3. The number of furan rings is 1. The Kier molecular flexibility index (Phi) is 4.55. The maximum Gasteiger partial charge on any atom is 0.293 e. The minimum atomic E-state index is -0.434. The molecule has 2 heterocycles. The fourth-order valence-corrected chi connectivity index (χ4v) is 2.74. The SMILES string of the molecule is Cc1cc(C)nc(NC(=O)c2ccc(-c3ccc(Cl)cc3Cl)o2)n1. The van der Waals surface area contributed by atoms with Crippen LogP contribution >= 0.6 is 23.2 Å². The molecule has 1 aromatic carbocycles. The lowest BCUT2D eigenvalue weighted by Crippen LogP contribution is -2.14. The van der Waals surface area contributed by atoms with E-state index >= 15 is 0 Å². The lowest BCUT2D eigenvalue weighted by Gasteiger charge is -2.04. The second kappa shape index (κ2) is 6.63. The highest BCUT2D eigenvalue weighted by atomic mass is 35.5. The average Bonchev–Trinajstić information content (AvgIpc) is 2.95. The number of halogens is 2. The number of aromatic nitrogens is 2. The van der Waals surface area contributed by atoms with Crippen LogP contribution in [0, 0.1) is 13.8 Å². The number of anilines is 1. The molecule has 0 unspecified atom stereocenters. The third kappa shape index (κ3) is 3.58. The molecule has 0 aliphatic rings. The Hall–Kier alpha value is -2.37. The normalized spacial score (nSPS) is 10.7. The van der Waals surface area contributed by atoms with E-state index in [9.17, 15) is 4.79 Å². The van der Waals surface area contributed by atoms with Crippen LogP contribution in [0.15, 0.2) is 40.8 Å². The predicted octanol–water partition coefficient (Wildman–Crippen LogP) is 4.91. The van der Waals surface area contributed by atoms with Crippen molar-refractivity contribution in [3.63, 3.8) is 0 Å². The smallest absolute Gasteiger partial charge is 0.293 e. The van der Waals surface area contributed by atoms with E-state index in [1.54, 1.807) is 30.3 Å². The third-order valence-electron chi connectivity index (χ3n) is 3.23. The summed E-state index contributed by atoms with van der Waals surface area (Å²) < 4.78 is 5.59. The third-order valence-corrected chi connectivity index (χ3v) is 3.78. The predicted molar refractivity (Wildman–Crippen MR) is 93.6 cm³/mol. The molecule has 2 aromatic heterocycles. The zero-order valence-electron chi connectivity index (χ0n) is 12.9. The molecule has 0 atom stereocenters. The summed E-state index contributed by atoms with van der Waals surface area (Å²) in [5.41, 5.74) is 2.19. The number of hydrogen-bond acceptors (Lipinski definition) is 4. The zero-order valence-corrected chi connectivity index (χ0v) is 14.4. The standard InChI is InChI=1S/C17H13Cl2N3O2/c1-9-7-10(2)21-17(20-9)22-16(23)15-6-5-14(24-15)12-4-3-11(18)8-13(12)19/h3-8H,1-2H3,(H,20,21,22,23). The molecule has 0 aliphatic heterocycles. The van der Waals surface area contributed by atoms with Crippen molar-refractivity contribution in [1.29, 1.82) is 0 Å². The summed E-state index contributed by atoms with van der Waals surface area (Å²) in [5.74, 6) is 0.415. The van der Waals surface area contributed by atoms with Gasteiger partial charge in [-0.25, -0.2) is 9.97 Å². The summed E-state index contributed by atoms with van der Waals surface area (Å²) in [6.07, 6.45) is 0. The van der Waals surface area contributed by atoms with Gasteiger partial charge in [-0.1, -0.05) is 23.2 Å². The molecule has 0 radical (unpaired) electrons. The summed E-state index contributed by atoms with van der Waals surface area (Å²) in [5, 5.41) is 3.59. The Bertz CT molecular complexity index is 902. The summed E-state index contributed by atoms with van der Waals surface area (Å²) in [6, 6.07) is 10.1. The van der Waals surface area contributed by atoms with Gasteiger partial charge in [-0.15, -0.1) is 0 Å². The monoisotopic (exact) mass is 361 g/mol. The fraction of sp³-hybridized carbons (Fsp3) is 0.118. The van der Waals surface area contributed by atoms with E-state index in [0.29, 0.717) is 21.4 Å². The van der Waals surface area contributed by atoms with Crippen LogP contribution < -0.4 is 5.32 Å². The molecule has 122 valence electrons. The first kappa shape index (κ1) is 16.5. The molecule has 3 rings (SSSR count).